The molecular formula is C16H24N2O2S. The maximum absolute atomic E-state index is 13.0. The van der Waals surface area contributed by atoms with Gasteiger partial charge in [-0.2, -0.15) is 11.3 Å². The summed E-state index contributed by atoms with van der Waals surface area (Å²) in [7, 11) is 0. The molecule has 4 nitrogen and oxygen atoms in total. The number of carbonyl (C=O) groups excluding carboxylic acids is 1. The SMILES string of the molecule is CCC1(C)NC(c2ccsc2)N(C(C)C2CCCO2)C1=O. The molecule has 116 valence electrons. The first kappa shape index (κ1) is 15.0. The van der Waals surface area contributed by atoms with Crippen molar-refractivity contribution in [3.8, 4) is 0 Å². The standard InChI is InChI=1S/C16H24N2O2S/c1-4-16(3)15(19)18(11(2)13-6-5-8-20-13)14(17-16)12-7-9-21-10-12/h7,9-11,13-14,17H,4-6,8H2,1-3H3. The highest BCUT2D eigenvalue weighted by atomic mass is 32.1. The highest BCUT2D eigenvalue weighted by molar-refractivity contribution is 7.07. The van der Waals surface area contributed by atoms with Gasteiger partial charge in [-0.1, -0.05) is 6.92 Å². The van der Waals surface area contributed by atoms with E-state index in [9.17, 15) is 4.79 Å². The van der Waals surface area contributed by atoms with Crippen molar-refractivity contribution < 1.29 is 9.53 Å². The number of nitrogens with zero attached hydrogens (tertiary/aromatic N) is 1. The van der Waals surface area contributed by atoms with Crippen molar-refractivity contribution in [1.82, 2.24) is 10.2 Å². The van der Waals surface area contributed by atoms with Crippen LogP contribution in [-0.2, 0) is 9.53 Å². The Bertz CT molecular complexity index is 498. The summed E-state index contributed by atoms with van der Waals surface area (Å²) in [5, 5.41) is 7.75. The van der Waals surface area contributed by atoms with Crippen molar-refractivity contribution >= 4 is 17.2 Å². The minimum Gasteiger partial charge on any atom is -0.376 e. The molecule has 0 radical (unpaired) electrons. The lowest BCUT2D eigenvalue weighted by Gasteiger charge is -2.33. The Hall–Kier alpha value is -0.910. The number of amides is 1. The minimum atomic E-state index is -0.473. The Morgan fingerprint density at radius 3 is 3.00 bits per heavy atom. The van der Waals surface area contributed by atoms with Gasteiger partial charge in [0.1, 0.15) is 6.17 Å². The Kier molecular flexibility index (Phi) is 4.08. The molecule has 2 saturated heterocycles. The molecule has 1 amide bonds. The lowest BCUT2D eigenvalue weighted by molar-refractivity contribution is -0.137. The molecule has 1 N–H and O–H groups in total. The average molecular weight is 308 g/mol. The third kappa shape index (κ3) is 2.51. The van der Waals surface area contributed by atoms with E-state index in [0.29, 0.717) is 0 Å². The molecular weight excluding hydrogens is 284 g/mol. The number of thiophene rings is 1. The maximum atomic E-state index is 13.0. The van der Waals surface area contributed by atoms with Crippen LogP contribution in [0.25, 0.3) is 0 Å². The summed E-state index contributed by atoms with van der Waals surface area (Å²) < 4.78 is 5.82. The van der Waals surface area contributed by atoms with E-state index in [-0.39, 0.29) is 24.2 Å². The molecule has 4 atom stereocenters. The van der Waals surface area contributed by atoms with E-state index >= 15 is 0 Å². The first-order valence-corrected chi connectivity index (χ1v) is 8.75. The Morgan fingerprint density at radius 2 is 2.43 bits per heavy atom. The van der Waals surface area contributed by atoms with Gasteiger partial charge in [0, 0.05) is 6.61 Å². The largest absolute Gasteiger partial charge is 0.376 e. The number of hydrogen-bond donors (Lipinski definition) is 1. The monoisotopic (exact) mass is 308 g/mol. The highest BCUT2D eigenvalue weighted by Crippen LogP contribution is 2.37. The van der Waals surface area contributed by atoms with E-state index in [4.69, 9.17) is 4.74 Å². The molecule has 0 aliphatic carbocycles. The van der Waals surface area contributed by atoms with Crippen LogP contribution in [0.3, 0.4) is 0 Å². The van der Waals surface area contributed by atoms with Crippen molar-refractivity contribution in [1.29, 1.82) is 0 Å². The van der Waals surface area contributed by atoms with Gasteiger partial charge in [-0.05, 0) is 55.5 Å². The summed E-state index contributed by atoms with van der Waals surface area (Å²) in [5.41, 5.74) is 0.704. The van der Waals surface area contributed by atoms with Gasteiger partial charge in [-0.3, -0.25) is 10.1 Å². The van der Waals surface area contributed by atoms with Crippen LogP contribution in [0.15, 0.2) is 16.8 Å². The Balaban J connectivity index is 1.91. The first-order chi connectivity index (χ1) is 10.1. The van der Waals surface area contributed by atoms with Crippen LogP contribution in [0.5, 0.6) is 0 Å². The zero-order chi connectivity index (χ0) is 15.0. The van der Waals surface area contributed by atoms with Crippen molar-refractivity contribution in [3.05, 3.63) is 22.4 Å². The zero-order valence-electron chi connectivity index (χ0n) is 13.0. The van der Waals surface area contributed by atoms with Crippen LogP contribution in [0.2, 0.25) is 0 Å². The van der Waals surface area contributed by atoms with Gasteiger partial charge in [0.05, 0.1) is 17.7 Å². The normalized spacial score (nSPS) is 34.6. The maximum Gasteiger partial charge on any atom is 0.244 e. The summed E-state index contributed by atoms with van der Waals surface area (Å²) in [6, 6.07) is 2.21. The predicted octanol–water partition coefficient (Wildman–Crippen LogP) is 2.91. The molecule has 1 aromatic heterocycles. The topological polar surface area (TPSA) is 41.6 Å². The van der Waals surface area contributed by atoms with Crippen molar-refractivity contribution in [2.45, 2.75) is 63.9 Å². The summed E-state index contributed by atoms with van der Waals surface area (Å²) >= 11 is 1.67. The number of carbonyl (C=O) groups is 1. The Morgan fingerprint density at radius 1 is 1.62 bits per heavy atom. The van der Waals surface area contributed by atoms with Crippen LogP contribution < -0.4 is 5.32 Å². The fourth-order valence-corrected chi connectivity index (χ4v) is 4.02. The van der Waals surface area contributed by atoms with Crippen LogP contribution >= 0.6 is 11.3 Å². The van der Waals surface area contributed by atoms with Crippen LogP contribution in [0.4, 0.5) is 0 Å². The van der Waals surface area contributed by atoms with Crippen molar-refractivity contribution in [3.63, 3.8) is 0 Å². The second kappa shape index (κ2) is 5.71. The van der Waals surface area contributed by atoms with E-state index < -0.39 is 5.54 Å². The molecule has 3 heterocycles. The molecule has 1 aromatic rings. The first-order valence-electron chi connectivity index (χ1n) is 7.81. The zero-order valence-corrected chi connectivity index (χ0v) is 13.8. The van der Waals surface area contributed by atoms with Crippen molar-refractivity contribution in [2.75, 3.05) is 6.61 Å². The van der Waals surface area contributed by atoms with Gasteiger partial charge in [0.25, 0.3) is 0 Å². The van der Waals surface area contributed by atoms with E-state index in [1.54, 1.807) is 11.3 Å². The molecule has 2 fully saturated rings. The summed E-state index contributed by atoms with van der Waals surface area (Å²) in [4.78, 5) is 15.0. The third-order valence-electron chi connectivity index (χ3n) is 4.95. The molecule has 5 heteroatoms. The van der Waals surface area contributed by atoms with E-state index in [0.717, 1.165) is 25.9 Å². The molecule has 0 spiro atoms. The number of hydrogen-bond acceptors (Lipinski definition) is 4. The van der Waals surface area contributed by atoms with Crippen molar-refractivity contribution in [2.24, 2.45) is 0 Å². The third-order valence-corrected chi connectivity index (χ3v) is 5.65. The quantitative estimate of drug-likeness (QED) is 0.930. The Labute approximate surface area is 130 Å². The molecule has 3 rings (SSSR count). The summed E-state index contributed by atoms with van der Waals surface area (Å²) in [6.45, 7) is 7.02. The predicted molar refractivity (Wildman–Crippen MR) is 84.2 cm³/mol. The molecule has 0 aromatic carbocycles. The van der Waals surface area contributed by atoms with Gasteiger partial charge in [-0.15, -0.1) is 0 Å². The van der Waals surface area contributed by atoms with Crippen LogP contribution in [-0.4, -0.2) is 35.1 Å². The number of ether oxygens (including phenoxy) is 1. The van der Waals surface area contributed by atoms with Gasteiger partial charge in [0.2, 0.25) is 5.91 Å². The van der Waals surface area contributed by atoms with Crippen LogP contribution in [0.1, 0.15) is 51.8 Å². The van der Waals surface area contributed by atoms with Gasteiger partial charge >= 0.3 is 0 Å². The number of rotatable bonds is 4. The fraction of sp³-hybridized carbons (Fsp3) is 0.688. The average Bonchev–Trinajstić information content (AvgIpc) is 3.20. The van der Waals surface area contributed by atoms with E-state index in [1.165, 1.54) is 5.56 Å². The smallest absolute Gasteiger partial charge is 0.244 e. The molecule has 0 saturated carbocycles. The number of nitrogens with one attached hydrogen (secondary N) is 1. The van der Waals surface area contributed by atoms with Gasteiger partial charge in [-0.25, -0.2) is 0 Å². The molecule has 0 bridgehead atoms. The summed E-state index contributed by atoms with van der Waals surface area (Å²) in [6.07, 6.45) is 3.06. The van der Waals surface area contributed by atoms with E-state index in [2.05, 4.69) is 36.0 Å². The lowest BCUT2D eigenvalue weighted by atomic mass is 9.98. The summed E-state index contributed by atoms with van der Waals surface area (Å²) in [5.74, 6) is 0.198. The minimum absolute atomic E-state index is 0.0344. The molecule has 2 aliphatic rings. The van der Waals surface area contributed by atoms with E-state index in [1.807, 2.05) is 11.8 Å². The highest BCUT2D eigenvalue weighted by Gasteiger charge is 2.50. The van der Waals surface area contributed by atoms with Gasteiger partial charge < -0.3 is 9.64 Å². The van der Waals surface area contributed by atoms with Gasteiger partial charge in [0.15, 0.2) is 0 Å². The lowest BCUT2D eigenvalue weighted by Crippen LogP contribution is -2.47. The fourth-order valence-electron chi connectivity index (χ4n) is 3.35. The molecule has 4 unspecified atom stereocenters. The van der Waals surface area contributed by atoms with Crippen LogP contribution in [0, 0.1) is 0 Å². The second-order valence-corrected chi connectivity index (χ2v) is 7.07. The molecule has 21 heavy (non-hydrogen) atoms. The second-order valence-electron chi connectivity index (χ2n) is 6.29. The molecule has 2 aliphatic heterocycles.